The Morgan fingerprint density at radius 1 is 1.43 bits per heavy atom. The molecule has 0 unspecified atom stereocenters. The molecule has 1 N–H and O–H groups in total. The molecule has 0 amide bonds. The van der Waals surface area contributed by atoms with Gasteiger partial charge in [0.25, 0.3) is 0 Å². The molecule has 0 aliphatic carbocycles. The van der Waals surface area contributed by atoms with Gasteiger partial charge in [-0.1, -0.05) is 13.8 Å². The van der Waals surface area contributed by atoms with E-state index in [1.165, 1.54) is 5.56 Å². The maximum atomic E-state index is 4.92. The van der Waals surface area contributed by atoms with Crippen molar-refractivity contribution in [1.29, 1.82) is 0 Å². The van der Waals surface area contributed by atoms with Crippen LogP contribution in [0.4, 0.5) is 0 Å². The summed E-state index contributed by atoms with van der Waals surface area (Å²) in [5, 5.41) is 3.26. The van der Waals surface area contributed by atoms with Crippen LogP contribution >= 0.6 is 0 Å². The molecule has 0 fully saturated rings. The molecule has 1 rings (SSSR count). The first-order valence-corrected chi connectivity index (χ1v) is 5.05. The summed E-state index contributed by atoms with van der Waals surface area (Å²) in [4.78, 5) is 0. The SMILES string of the molecule is CC.CC#CCCNCc1ccoc1. The first-order chi connectivity index (χ1) is 6.93. The summed E-state index contributed by atoms with van der Waals surface area (Å²) in [6.07, 6.45) is 4.34. The highest BCUT2D eigenvalue weighted by Crippen LogP contribution is 1.97. The van der Waals surface area contributed by atoms with Crippen LogP contribution in [0.3, 0.4) is 0 Å². The fourth-order valence-electron chi connectivity index (χ4n) is 0.902. The van der Waals surface area contributed by atoms with Gasteiger partial charge in [-0.3, -0.25) is 0 Å². The van der Waals surface area contributed by atoms with Crippen LogP contribution in [-0.4, -0.2) is 6.54 Å². The van der Waals surface area contributed by atoms with Gasteiger partial charge in [0.2, 0.25) is 0 Å². The second-order valence-electron chi connectivity index (χ2n) is 2.49. The molecule has 78 valence electrons. The van der Waals surface area contributed by atoms with Crippen molar-refractivity contribution in [1.82, 2.24) is 5.32 Å². The molecule has 1 aromatic heterocycles. The normalized spacial score (nSPS) is 8.21. The van der Waals surface area contributed by atoms with Gasteiger partial charge in [0, 0.05) is 25.1 Å². The minimum Gasteiger partial charge on any atom is -0.472 e. The van der Waals surface area contributed by atoms with E-state index in [1.54, 1.807) is 12.5 Å². The van der Waals surface area contributed by atoms with E-state index < -0.39 is 0 Å². The Kier molecular flexibility index (Phi) is 9.04. The molecule has 0 aromatic carbocycles. The minimum atomic E-state index is 0.863. The molecule has 0 spiro atoms. The van der Waals surface area contributed by atoms with Crippen molar-refractivity contribution in [2.24, 2.45) is 0 Å². The molecule has 0 atom stereocenters. The predicted octanol–water partition coefficient (Wildman–Crippen LogP) is 2.81. The molecular formula is C12H19NO. The zero-order valence-electron chi connectivity index (χ0n) is 9.26. The Balaban J connectivity index is 0.000000791. The summed E-state index contributed by atoms with van der Waals surface area (Å²) in [5.41, 5.74) is 1.18. The van der Waals surface area contributed by atoms with E-state index in [9.17, 15) is 0 Å². The summed E-state index contributed by atoms with van der Waals surface area (Å²) in [6.45, 7) is 7.66. The maximum Gasteiger partial charge on any atom is 0.0947 e. The van der Waals surface area contributed by atoms with Gasteiger partial charge in [0.15, 0.2) is 0 Å². The number of rotatable bonds is 4. The Bertz CT molecular complexity index is 254. The van der Waals surface area contributed by atoms with E-state index >= 15 is 0 Å². The maximum absolute atomic E-state index is 4.92. The lowest BCUT2D eigenvalue weighted by molar-refractivity contribution is 0.560. The van der Waals surface area contributed by atoms with E-state index in [-0.39, 0.29) is 0 Å². The Morgan fingerprint density at radius 2 is 2.21 bits per heavy atom. The second-order valence-corrected chi connectivity index (χ2v) is 2.49. The van der Waals surface area contributed by atoms with E-state index in [0.29, 0.717) is 0 Å². The average molecular weight is 193 g/mol. The van der Waals surface area contributed by atoms with Gasteiger partial charge in [-0.05, 0) is 13.0 Å². The third-order valence-electron chi connectivity index (χ3n) is 1.51. The fourth-order valence-corrected chi connectivity index (χ4v) is 0.902. The molecule has 0 saturated heterocycles. The molecule has 0 aliphatic rings. The lowest BCUT2D eigenvalue weighted by Crippen LogP contribution is -2.13. The molecule has 2 heteroatoms. The summed E-state index contributed by atoms with van der Waals surface area (Å²) in [5.74, 6) is 5.85. The van der Waals surface area contributed by atoms with Gasteiger partial charge < -0.3 is 9.73 Å². The van der Waals surface area contributed by atoms with Gasteiger partial charge in [0.1, 0.15) is 0 Å². The first-order valence-electron chi connectivity index (χ1n) is 5.05. The standard InChI is InChI=1S/C10H13NO.C2H6/c1-2-3-4-6-11-8-10-5-7-12-9-10;1-2/h5,7,9,11H,4,6,8H2,1H3;1-2H3. The summed E-state index contributed by atoms with van der Waals surface area (Å²) < 4.78 is 4.92. The Morgan fingerprint density at radius 3 is 2.79 bits per heavy atom. The van der Waals surface area contributed by atoms with Gasteiger partial charge in [-0.2, -0.15) is 0 Å². The van der Waals surface area contributed by atoms with E-state index in [0.717, 1.165) is 19.5 Å². The number of furan rings is 1. The van der Waals surface area contributed by atoms with Crippen LogP contribution in [0.25, 0.3) is 0 Å². The van der Waals surface area contributed by atoms with Gasteiger partial charge >= 0.3 is 0 Å². The second kappa shape index (κ2) is 9.88. The van der Waals surface area contributed by atoms with Crippen molar-refractivity contribution in [2.75, 3.05) is 6.54 Å². The van der Waals surface area contributed by atoms with Gasteiger partial charge in [-0.25, -0.2) is 0 Å². The van der Waals surface area contributed by atoms with Crippen molar-refractivity contribution in [3.63, 3.8) is 0 Å². The minimum absolute atomic E-state index is 0.863. The summed E-state index contributed by atoms with van der Waals surface area (Å²) in [7, 11) is 0. The number of nitrogens with one attached hydrogen (secondary N) is 1. The average Bonchev–Trinajstić information content (AvgIpc) is 2.74. The quantitative estimate of drug-likeness (QED) is 0.587. The van der Waals surface area contributed by atoms with Crippen LogP contribution in [0.1, 0.15) is 32.8 Å². The van der Waals surface area contributed by atoms with Crippen molar-refractivity contribution >= 4 is 0 Å². The Labute approximate surface area is 86.7 Å². The highest BCUT2D eigenvalue weighted by molar-refractivity contribution is 5.04. The van der Waals surface area contributed by atoms with E-state index in [1.807, 2.05) is 26.8 Å². The lowest BCUT2D eigenvalue weighted by Gasteiger charge is -1.97. The number of hydrogen-bond donors (Lipinski definition) is 1. The molecular weight excluding hydrogens is 174 g/mol. The van der Waals surface area contributed by atoms with Crippen molar-refractivity contribution < 1.29 is 4.42 Å². The van der Waals surface area contributed by atoms with Crippen LogP contribution in [0.15, 0.2) is 23.0 Å². The highest BCUT2D eigenvalue weighted by atomic mass is 16.3. The van der Waals surface area contributed by atoms with Gasteiger partial charge in [0.05, 0.1) is 12.5 Å². The van der Waals surface area contributed by atoms with E-state index in [2.05, 4.69) is 17.2 Å². The fraction of sp³-hybridized carbons (Fsp3) is 0.500. The zero-order chi connectivity index (χ0) is 10.6. The summed E-state index contributed by atoms with van der Waals surface area (Å²) in [6, 6.07) is 1.96. The van der Waals surface area contributed by atoms with Crippen molar-refractivity contribution in [2.45, 2.75) is 33.7 Å². The predicted molar refractivity (Wildman–Crippen MR) is 59.8 cm³/mol. The smallest absolute Gasteiger partial charge is 0.0947 e. The first kappa shape index (κ1) is 12.8. The monoisotopic (exact) mass is 193 g/mol. The van der Waals surface area contributed by atoms with Crippen LogP contribution < -0.4 is 5.32 Å². The van der Waals surface area contributed by atoms with Crippen LogP contribution in [0.5, 0.6) is 0 Å². The van der Waals surface area contributed by atoms with Gasteiger partial charge in [-0.15, -0.1) is 11.8 Å². The van der Waals surface area contributed by atoms with Crippen LogP contribution in [-0.2, 0) is 6.54 Å². The molecule has 0 saturated carbocycles. The van der Waals surface area contributed by atoms with Crippen LogP contribution in [0.2, 0.25) is 0 Å². The largest absolute Gasteiger partial charge is 0.472 e. The van der Waals surface area contributed by atoms with Crippen LogP contribution in [0, 0.1) is 11.8 Å². The number of hydrogen-bond acceptors (Lipinski definition) is 2. The zero-order valence-corrected chi connectivity index (χ0v) is 9.26. The molecule has 1 heterocycles. The van der Waals surface area contributed by atoms with Crippen molar-refractivity contribution in [3.05, 3.63) is 24.2 Å². The lowest BCUT2D eigenvalue weighted by atomic mass is 10.3. The highest BCUT2D eigenvalue weighted by Gasteiger charge is 1.91. The molecule has 2 nitrogen and oxygen atoms in total. The molecule has 14 heavy (non-hydrogen) atoms. The third kappa shape index (κ3) is 6.33. The summed E-state index contributed by atoms with van der Waals surface area (Å²) >= 11 is 0. The molecule has 0 aliphatic heterocycles. The molecule has 1 aromatic rings. The molecule has 0 radical (unpaired) electrons. The van der Waals surface area contributed by atoms with E-state index in [4.69, 9.17) is 4.42 Å². The third-order valence-corrected chi connectivity index (χ3v) is 1.51. The molecule has 0 bridgehead atoms. The Hall–Kier alpha value is -1.20. The van der Waals surface area contributed by atoms with Crippen molar-refractivity contribution in [3.8, 4) is 11.8 Å². The topological polar surface area (TPSA) is 25.2 Å².